The molecule has 1 amide bonds. The van der Waals surface area contributed by atoms with Gasteiger partial charge in [-0.25, -0.2) is 4.79 Å². The van der Waals surface area contributed by atoms with E-state index in [2.05, 4.69) is 34.6 Å². The maximum Gasteiger partial charge on any atom is 0.338 e. The Labute approximate surface area is 208 Å². The van der Waals surface area contributed by atoms with E-state index in [4.69, 9.17) is 0 Å². The van der Waals surface area contributed by atoms with Gasteiger partial charge in [-0.15, -0.1) is 11.3 Å². The summed E-state index contributed by atoms with van der Waals surface area (Å²) in [5.74, 6) is -0.614. The van der Waals surface area contributed by atoms with Crippen molar-refractivity contribution in [2.75, 3.05) is 18.4 Å². The number of pyridine rings is 1. The Morgan fingerprint density at radius 2 is 1.71 bits per heavy atom. The van der Waals surface area contributed by atoms with Crippen molar-refractivity contribution in [2.24, 2.45) is 0 Å². The number of aromatic carboxylic acids is 1. The van der Waals surface area contributed by atoms with E-state index < -0.39 is 5.97 Å². The van der Waals surface area contributed by atoms with Crippen LogP contribution in [0, 0.1) is 6.92 Å². The van der Waals surface area contributed by atoms with Gasteiger partial charge >= 0.3 is 5.97 Å². The van der Waals surface area contributed by atoms with Crippen molar-refractivity contribution in [3.8, 4) is 0 Å². The molecule has 0 radical (unpaired) electrons. The van der Waals surface area contributed by atoms with Gasteiger partial charge in [0, 0.05) is 25.0 Å². The molecule has 35 heavy (non-hydrogen) atoms. The smallest absolute Gasteiger partial charge is 0.338 e. The Balaban J connectivity index is 1.47. The minimum atomic E-state index is -1.01. The first-order valence-corrected chi connectivity index (χ1v) is 12.7. The summed E-state index contributed by atoms with van der Waals surface area (Å²) < 4.78 is 0.700. The van der Waals surface area contributed by atoms with Crippen LogP contribution in [-0.4, -0.2) is 40.0 Å². The molecular weight excluding hydrogens is 458 g/mol. The van der Waals surface area contributed by atoms with Crippen molar-refractivity contribution in [3.05, 3.63) is 94.0 Å². The van der Waals surface area contributed by atoms with Gasteiger partial charge in [-0.1, -0.05) is 60.7 Å². The Morgan fingerprint density at radius 1 is 1.06 bits per heavy atom. The predicted molar refractivity (Wildman–Crippen MR) is 139 cm³/mol. The quantitative estimate of drug-likeness (QED) is 0.353. The van der Waals surface area contributed by atoms with Gasteiger partial charge in [-0.2, -0.15) is 0 Å². The fraction of sp³-hybridized carbons (Fsp3) is 0.250. The standard InChI is InChI=1S/C28H27N3O3S/c1-18-23(27(32)31-14-12-21(13-15-31)20-10-6-3-7-11-20)25(29-16-19-8-4-2-5-9-19)26-24(30-18)22(17-35-26)28(33)34/h2-11,17,21H,12-16H2,1H3,(H,29,30)(H,33,34). The number of nitrogens with zero attached hydrogens (tertiary/aromatic N) is 2. The van der Waals surface area contributed by atoms with Crippen molar-refractivity contribution >= 4 is 39.1 Å². The van der Waals surface area contributed by atoms with Crippen molar-refractivity contribution in [3.63, 3.8) is 0 Å². The first-order valence-electron chi connectivity index (χ1n) is 11.8. The van der Waals surface area contributed by atoms with Gasteiger partial charge in [0.05, 0.1) is 32.7 Å². The molecule has 6 nitrogen and oxygen atoms in total. The number of carboxylic acids is 1. The Bertz CT molecular complexity index is 1360. The van der Waals surface area contributed by atoms with Gasteiger partial charge in [0.15, 0.2) is 0 Å². The molecule has 3 heterocycles. The highest BCUT2D eigenvalue weighted by molar-refractivity contribution is 7.18. The number of carboxylic acid groups (broad SMARTS) is 1. The number of fused-ring (bicyclic) bond motifs is 1. The summed E-state index contributed by atoms with van der Waals surface area (Å²) in [5, 5.41) is 14.7. The van der Waals surface area contributed by atoms with Crippen molar-refractivity contribution in [2.45, 2.75) is 32.2 Å². The summed E-state index contributed by atoms with van der Waals surface area (Å²) in [6, 6.07) is 20.4. The fourth-order valence-corrected chi connectivity index (χ4v) is 5.83. The summed E-state index contributed by atoms with van der Waals surface area (Å²) in [6.45, 7) is 3.67. The monoisotopic (exact) mass is 485 g/mol. The Hall–Kier alpha value is -3.71. The highest BCUT2D eigenvalue weighted by Gasteiger charge is 2.29. The number of carbonyl (C=O) groups is 2. The zero-order valence-electron chi connectivity index (χ0n) is 19.5. The fourth-order valence-electron chi connectivity index (χ4n) is 4.83. The number of anilines is 1. The number of likely N-dealkylation sites (tertiary alicyclic amines) is 1. The second kappa shape index (κ2) is 9.88. The summed E-state index contributed by atoms with van der Waals surface area (Å²) in [6.07, 6.45) is 1.83. The molecule has 1 fully saturated rings. The molecule has 0 aliphatic carbocycles. The molecule has 178 valence electrons. The second-order valence-corrected chi connectivity index (χ2v) is 9.78. The Kier molecular flexibility index (Phi) is 6.51. The molecule has 0 spiro atoms. The zero-order valence-corrected chi connectivity index (χ0v) is 20.3. The first kappa shape index (κ1) is 23.1. The minimum absolute atomic E-state index is 0.0516. The molecule has 0 unspecified atom stereocenters. The average Bonchev–Trinajstić information content (AvgIpc) is 3.32. The molecule has 5 rings (SSSR count). The van der Waals surface area contributed by atoms with Gasteiger partial charge in [0.1, 0.15) is 0 Å². The number of thiophene rings is 1. The molecule has 0 atom stereocenters. The lowest BCUT2D eigenvalue weighted by Crippen LogP contribution is -2.38. The largest absolute Gasteiger partial charge is 0.478 e. The third-order valence-electron chi connectivity index (χ3n) is 6.69. The number of hydrogen-bond donors (Lipinski definition) is 2. The molecule has 4 aromatic rings. The number of rotatable bonds is 6. The summed E-state index contributed by atoms with van der Waals surface area (Å²) in [4.78, 5) is 32.1. The van der Waals surface area contributed by atoms with E-state index in [-0.39, 0.29) is 11.5 Å². The zero-order chi connectivity index (χ0) is 24.4. The van der Waals surface area contributed by atoms with Crippen molar-refractivity contribution < 1.29 is 14.7 Å². The van der Waals surface area contributed by atoms with Crippen LogP contribution in [0.4, 0.5) is 5.69 Å². The van der Waals surface area contributed by atoms with Crippen LogP contribution in [0.25, 0.3) is 10.2 Å². The van der Waals surface area contributed by atoms with Gasteiger partial charge in [-0.05, 0) is 36.8 Å². The van der Waals surface area contributed by atoms with E-state index in [9.17, 15) is 14.7 Å². The molecule has 1 aliphatic heterocycles. The van der Waals surface area contributed by atoms with E-state index in [0.29, 0.717) is 52.7 Å². The van der Waals surface area contributed by atoms with Crippen LogP contribution >= 0.6 is 11.3 Å². The summed E-state index contributed by atoms with van der Waals surface area (Å²) in [5.41, 5.74) is 4.74. The van der Waals surface area contributed by atoms with Crippen LogP contribution in [0.5, 0.6) is 0 Å². The predicted octanol–water partition coefficient (Wildman–Crippen LogP) is 5.93. The minimum Gasteiger partial charge on any atom is -0.478 e. The number of amides is 1. The normalized spacial score (nSPS) is 14.3. The highest BCUT2D eigenvalue weighted by atomic mass is 32.1. The molecular formula is C28H27N3O3S. The van der Waals surface area contributed by atoms with Gasteiger partial charge in [-0.3, -0.25) is 9.78 Å². The first-order chi connectivity index (χ1) is 17.0. The number of aromatic nitrogens is 1. The van der Waals surface area contributed by atoms with E-state index in [1.54, 1.807) is 12.3 Å². The lowest BCUT2D eigenvalue weighted by Gasteiger charge is -2.33. The summed E-state index contributed by atoms with van der Waals surface area (Å²) in [7, 11) is 0. The summed E-state index contributed by atoms with van der Waals surface area (Å²) >= 11 is 1.31. The molecule has 0 saturated carbocycles. The van der Waals surface area contributed by atoms with Crippen LogP contribution < -0.4 is 5.32 Å². The molecule has 2 aromatic carbocycles. The third-order valence-corrected chi connectivity index (χ3v) is 7.68. The lowest BCUT2D eigenvalue weighted by molar-refractivity contribution is 0.0695. The number of benzene rings is 2. The lowest BCUT2D eigenvalue weighted by atomic mass is 9.89. The van der Waals surface area contributed by atoms with Gasteiger partial charge < -0.3 is 15.3 Å². The number of hydrogen-bond acceptors (Lipinski definition) is 5. The maximum atomic E-state index is 13.8. The molecule has 7 heteroatoms. The maximum absolute atomic E-state index is 13.8. The molecule has 2 aromatic heterocycles. The van der Waals surface area contributed by atoms with Crippen molar-refractivity contribution in [1.82, 2.24) is 9.88 Å². The molecule has 2 N–H and O–H groups in total. The van der Waals surface area contributed by atoms with E-state index in [1.165, 1.54) is 16.9 Å². The van der Waals surface area contributed by atoms with Gasteiger partial charge in [0.2, 0.25) is 0 Å². The van der Waals surface area contributed by atoms with Crippen LogP contribution in [0.15, 0.2) is 66.0 Å². The molecule has 1 saturated heterocycles. The van der Waals surface area contributed by atoms with Crippen LogP contribution in [0.2, 0.25) is 0 Å². The van der Waals surface area contributed by atoms with Crippen LogP contribution in [0.3, 0.4) is 0 Å². The van der Waals surface area contributed by atoms with Crippen LogP contribution in [0.1, 0.15) is 56.3 Å². The van der Waals surface area contributed by atoms with Crippen LogP contribution in [-0.2, 0) is 6.54 Å². The molecule has 0 bridgehead atoms. The number of aryl methyl sites for hydroxylation is 1. The third kappa shape index (κ3) is 4.64. The SMILES string of the molecule is Cc1nc2c(C(=O)O)csc2c(NCc2ccccc2)c1C(=O)N1CCC(c2ccccc2)CC1. The highest BCUT2D eigenvalue weighted by Crippen LogP contribution is 2.37. The number of piperidine rings is 1. The Morgan fingerprint density at radius 3 is 2.37 bits per heavy atom. The number of nitrogens with one attached hydrogen (secondary N) is 1. The topological polar surface area (TPSA) is 82.5 Å². The van der Waals surface area contributed by atoms with E-state index in [0.717, 1.165) is 18.4 Å². The van der Waals surface area contributed by atoms with E-state index in [1.807, 2.05) is 41.3 Å². The second-order valence-electron chi connectivity index (χ2n) is 8.90. The average molecular weight is 486 g/mol. The molecule has 1 aliphatic rings. The van der Waals surface area contributed by atoms with Gasteiger partial charge in [0.25, 0.3) is 5.91 Å². The van der Waals surface area contributed by atoms with E-state index >= 15 is 0 Å². The number of carbonyl (C=O) groups excluding carboxylic acids is 1. The van der Waals surface area contributed by atoms with Crippen molar-refractivity contribution in [1.29, 1.82) is 0 Å².